The zero-order valence-corrected chi connectivity index (χ0v) is 47.9. The summed E-state index contributed by atoms with van der Waals surface area (Å²) in [6.45, 7) is 8.22. The zero-order valence-electron chi connectivity index (χ0n) is 46.3. The molecule has 0 heterocycles. The Hall–Kier alpha value is -7.40. The molecular formula is C51H76N12O14S2. The second kappa shape index (κ2) is 30.7. The van der Waals surface area contributed by atoms with E-state index in [2.05, 4.69) is 26.6 Å². The molecule has 3 aromatic carbocycles. The van der Waals surface area contributed by atoms with Crippen molar-refractivity contribution in [3.05, 3.63) is 83.9 Å². The van der Waals surface area contributed by atoms with Crippen LogP contribution in [0.3, 0.4) is 0 Å². The number of rotatable bonds is 30. The zero-order chi connectivity index (χ0) is 59.4. The maximum absolute atomic E-state index is 14.2. The van der Waals surface area contributed by atoms with Crippen LogP contribution in [0.15, 0.2) is 82.6 Å². The van der Waals surface area contributed by atoms with Crippen molar-refractivity contribution in [2.45, 2.75) is 95.4 Å². The van der Waals surface area contributed by atoms with Crippen LogP contribution < -0.4 is 42.8 Å². The number of carbonyl (C=O) groups is 8. The van der Waals surface area contributed by atoms with Crippen molar-refractivity contribution in [3.8, 4) is 5.75 Å². The number of nitrogens with one attached hydrogen (secondary N) is 5. The van der Waals surface area contributed by atoms with Gasteiger partial charge in [0.25, 0.3) is 0 Å². The van der Waals surface area contributed by atoms with Gasteiger partial charge in [-0.25, -0.2) is 26.4 Å². The Balaban J connectivity index is 1.81. The summed E-state index contributed by atoms with van der Waals surface area (Å²) < 4.78 is 67.6. The molecular weight excluding hydrogens is 1070 g/mol. The SMILES string of the molecule is COC(=O)N(CC(=O)N[C@@H](C)CN(CC(N)=O)C(C)=O)C[C@H](C)NC(=O)CN(C[C@H](C)NC(=O)CN(C[C@H](C)NC(=O)CN(C[C@H](C)N)S(=O)(=O)c1ccc(C)cc1)C(=O)Nc1ccc(OC)cc1)S(=O)(=O)c1ccc(C)cc1. The van der Waals surface area contributed by atoms with E-state index in [9.17, 15) is 55.2 Å². The van der Waals surface area contributed by atoms with E-state index in [-0.39, 0.29) is 42.5 Å². The predicted octanol–water partition coefficient (Wildman–Crippen LogP) is 0.296. The third kappa shape index (κ3) is 22.1. The predicted molar refractivity (Wildman–Crippen MR) is 293 cm³/mol. The van der Waals surface area contributed by atoms with E-state index in [0.29, 0.717) is 11.4 Å². The lowest BCUT2D eigenvalue weighted by atomic mass is 10.2. The molecule has 0 spiro atoms. The molecule has 0 radical (unpaired) electrons. The summed E-state index contributed by atoms with van der Waals surface area (Å²) in [6, 6.07) is 13.4. The molecule has 9 amide bonds. The first kappa shape index (κ1) is 65.9. The van der Waals surface area contributed by atoms with Crippen LogP contribution in [0.1, 0.15) is 52.7 Å². The number of sulfonamides is 2. The molecule has 79 heavy (non-hydrogen) atoms. The molecule has 0 saturated carbocycles. The number of aryl methyl sites for hydroxylation is 2. The Kier molecular flexibility index (Phi) is 25.6. The number of primary amides is 1. The fraction of sp³-hybridized carbons (Fsp3) is 0.490. The Morgan fingerprint density at radius 2 is 0.899 bits per heavy atom. The van der Waals surface area contributed by atoms with Gasteiger partial charge in [0, 0.05) is 75.5 Å². The molecule has 3 rings (SSSR count). The highest BCUT2D eigenvalue weighted by Gasteiger charge is 2.32. The number of amides is 9. The lowest BCUT2D eigenvalue weighted by Crippen LogP contribution is -2.54. The molecule has 5 atom stereocenters. The Morgan fingerprint density at radius 3 is 1.29 bits per heavy atom. The topological polar surface area (TPSA) is 352 Å². The molecule has 3 aromatic rings. The van der Waals surface area contributed by atoms with Gasteiger partial charge < -0.3 is 57.3 Å². The number of nitrogens with two attached hydrogens (primary N) is 2. The third-order valence-corrected chi connectivity index (χ3v) is 15.2. The smallest absolute Gasteiger partial charge is 0.410 e. The summed E-state index contributed by atoms with van der Waals surface area (Å²) in [6.07, 6.45) is -0.932. The Morgan fingerprint density at radius 1 is 0.519 bits per heavy atom. The van der Waals surface area contributed by atoms with Crippen molar-refractivity contribution in [2.24, 2.45) is 11.5 Å². The number of hydrogen-bond acceptors (Lipinski definition) is 15. The summed E-state index contributed by atoms with van der Waals surface area (Å²) in [7, 11) is -6.07. The third-order valence-electron chi connectivity index (χ3n) is 11.6. The molecule has 0 aliphatic heterocycles. The van der Waals surface area contributed by atoms with Crippen molar-refractivity contribution in [2.75, 3.05) is 85.0 Å². The van der Waals surface area contributed by atoms with Crippen LogP contribution >= 0.6 is 0 Å². The van der Waals surface area contributed by atoms with E-state index in [1.54, 1.807) is 83.1 Å². The number of methoxy groups -OCH3 is 2. The number of ether oxygens (including phenoxy) is 2. The van der Waals surface area contributed by atoms with Crippen LogP contribution in [0.2, 0.25) is 0 Å². The molecule has 0 aliphatic rings. The molecule has 0 bridgehead atoms. The first-order valence-electron chi connectivity index (χ1n) is 25.1. The van der Waals surface area contributed by atoms with Gasteiger partial charge in [0.05, 0.1) is 43.6 Å². The van der Waals surface area contributed by atoms with Crippen molar-refractivity contribution in [3.63, 3.8) is 0 Å². The number of hydrogen-bond donors (Lipinski definition) is 7. The summed E-state index contributed by atoms with van der Waals surface area (Å²) in [5.41, 5.74) is 13.1. The van der Waals surface area contributed by atoms with E-state index in [4.69, 9.17) is 20.9 Å². The molecule has 0 aromatic heterocycles. The molecule has 436 valence electrons. The Labute approximate surface area is 462 Å². The van der Waals surface area contributed by atoms with E-state index in [0.717, 1.165) is 41.5 Å². The van der Waals surface area contributed by atoms with Crippen LogP contribution in [0.25, 0.3) is 0 Å². The van der Waals surface area contributed by atoms with Crippen molar-refractivity contribution >= 4 is 73.3 Å². The minimum Gasteiger partial charge on any atom is -0.497 e. The van der Waals surface area contributed by atoms with Crippen molar-refractivity contribution in [1.29, 1.82) is 0 Å². The second-order valence-corrected chi connectivity index (χ2v) is 23.2. The number of nitrogens with zero attached hydrogens (tertiary/aromatic N) is 5. The molecule has 0 aliphatic carbocycles. The van der Waals surface area contributed by atoms with E-state index >= 15 is 0 Å². The largest absolute Gasteiger partial charge is 0.497 e. The minimum atomic E-state index is -4.45. The summed E-state index contributed by atoms with van der Waals surface area (Å²) in [4.78, 5) is 107. The van der Waals surface area contributed by atoms with Crippen molar-refractivity contribution < 1.29 is 64.7 Å². The van der Waals surface area contributed by atoms with Crippen LogP contribution in [0, 0.1) is 13.8 Å². The summed E-state index contributed by atoms with van der Waals surface area (Å²) in [5.74, 6) is -3.69. The monoisotopic (exact) mass is 1140 g/mol. The number of anilines is 1. The maximum Gasteiger partial charge on any atom is 0.410 e. The Bertz CT molecular complexity index is 2810. The molecule has 28 heteroatoms. The highest BCUT2D eigenvalue weighted by atomic mass is 32.2. The lowest BCUT2D eigenvalue weighted by Gasteiger charge is -2.29. The van der Waals surface area contributed by atoms with Crippen LogP contribution in [-0.4, -0.2) is 198 Å². The molecule has 0 saturated heterocycles. The first-order chi connectivity index (χ1) is 36.9. The van der Waals surface area contributed by atoms with Crippen molar-refractivity contribution in [1.82, 2.24) is 44.6 Å². The van der Waals surface area contributed by atoms with Gasteiger partial charge in [-0.2, -0.15) is 8.61 Å². The van der Waals surface area contributed by atoms with Crippen LogP contribution in [-0.2, 0) is 53.6 Å². The van der Waals surface area contributed by atoms with Gasteiger partial charge in [-0.1, -0.05) is 35.4 Å². The second-order valence-electron chi connectivity index (χ2n) is 19.3. The van der Waals surface area contributed by atoms with Gasteiger partial charge in [0.15, 0.2) is 0 Å². The van der Waals surface area contributed by atoms with Gasteiger partial charge >= 0.3 is 12.1 Å². The molecule has 26 nitrogen and oxygen atoms in total. The minimum absolute atomic E-state index is 0.0384. The fourth-order valence-corrected chi connectivity index (χ4v) is 10.9. The fourth-order valence-electron chi connectivity index (χ4n) is 7.89. The van der Waals surface area contributed by atoms with Crippen LogP contribution in [0.4, 0.5) is 15.3 Å². The van der Waals surface area contributed by atoms with E-state index in [1.807, 2.05) is 0 Å². The van der Waals surface area contributed by atoms with Gasteiger partial charge in [-0.15, -0.1) is 0 Å². The lowest BCUT2D eigenvalue weighted by molar-refractivity contribution is -0.134. The average Bonchev–Trinajstić information content (AvgIpc) is 3.35. The number of benzene rings is 3. The highest BCUT2D eigenvalue weighted by Crippen LogP contribution is 2.20. The molecule has 0 fully saturated rings. The highest BCUT2D eigenvalue weighted by molar-refractivity contribution is 7.89. The normalized spacial score (nSPS) is 13.4. The van der Waals surface area contributed by atoms with Gasteiger partial charge in [0.1, 0.15) is 18.8 Å². The van der Waals surface area contributed by atoms with E-state index < -0.39 is 131 Å². The molecule has 9 N–H and O–H groups in total. The van der Waals surface area contributed by atoms with Crippen LogP contribution in [0.5, 0.6) is 5.75 Å². The summed E-state index contributed by atoms with van der Waals surface area (Å²) >= 11 is 0. The quantitative estimate of drug-likeness (QED) is 0.0472. The molecule has 0 unspecified atom stereocenters. The number of carbonyl (C=O) groups excluding carboxylic acids is 8. The van der Waals surface area contributed by atoms with Gasteiger partial charge in [-0.3, -0.25) is 33.7 Å². The summed E-state index contributed by atoms with van der Waals surface area (Å²) in [5, 5.41) is 13.4. The number of urea groups is 1. The first-order valence-corrected chi connectivity index (χ1v) is 27.9. The van der Waals surface area contributed by atoms with Gasteiger partial charge in [-0.05, 0) is 97.0 Å². The maximum atomic E-state index is 14.2. The standard InChI is InChI=1S/C51H76N12O14S2/c1-33-11-19-43(20-12-33)78(72,73)62(23-35(3)52)31-48(68)55-37(5)25-60(50(70)58-41-15-17-42(76-9)18-16-41)29-46(66)57-39(7)27-63(79(74,75)44-21-13-34(2)14-22-44)32-49(69)56-38(6)26-61(51(71)77-10)30-47(67)54-36(4)24-59(40(8)64)28-45(53)65/h11-22,35-39H,23-32,52H2,1-10H3,(H2,53,65)(H,54,67)(H,55,68)(H,56,69)(H,57,66)(H,58,70)/t35-,36-,37-,38-,39-/m0/s1. The van der Waals surface area contributed by atoms with E-state index in [1.165, 1.54) is 52.1 Å². The average molecular weight is 1150 g/mol. The van der Waals surface area contributed by atoms with Gasteiger partial charge in [0.2, 0.25) is 55.5 Å².